The predicted molar refractivity (Wildman–Crippen MR) is 210 cm³/mol. The van der Waals surface area contributed by atoms with E-state index in [1.54, 1.807) is 5.57 Å². The highest BCUT2D eigenvalue weighted by Crippen LogP contribution is 2.67. The highest BCUT2D eigenvalue weighted by atomic mass is 16.6. The van der Waals surface area contributed by atoms with Crippen LogP contribution in [0.1, 0.15) is 165 Å². The van der Waals surface area contributed by atoms with Crippen LogP contribution in [0.2, 0.25) is 0 Å². The summed E-state index contributed by atoms with van der Waals surface area (Å²) >= 11 is 0. The zero-order valence-corrected chi connectivity index (χ0v) is 34.5. The Balaban J connectivity index is 1.33. The van der Waals surface area contributed by atoms with Crippen LogP contribution in [0.3, 0.4) is 0 Å². The van der Waals surface area contributed by atoms with E-state index in [-0.39, 0.29) is 48.1 Å². The second-order valence-electron chi connectivity index (χ2n) is 19.2. The topological polar surface area (TPSA) is 105 Å². The lowest BCUT2D eigenvalue weighted by molar-refractivity contribution is -0.122. The fourth-order valence-electron chi connectivity index (χ4n) is 11.1. The maximum Gasteiger partial charge on any atom is 0.410 e. The molecule has 0 aromatic heterocycles. The summed E-state index contributed by atoms with van der Waals surface area (Å²) in [4.78, 5) is 51.1. The van der Waals surface area contributed by atoms with Gasteiger partial charge >= 0.3 is 6.09 Å². The van der Waals surface area contributed by atoms with Crippen LogP contribution in [0.25, 0.3) is 0 Å². The van der Waals surface area contributed by atoms with Gasteiger partial charge in [0.05, 0.1) is 0 Å². The summed E-state index contributed by atoms with van der Waals surface area (Å²) in [5.41, 5.74) is 1.69. The minimum absolute atomic E-state index is 0.0339. The normalized spacial score (nSPS) is 30.3. The number of carbonyl (C=O) groups is 4. The Morgan fingerprint density at radius 2 is 1.56 bits per heavy atom. The van der Waals surface area contributed by atoms with E-state index in [4.69, 9.17) is 4.74 Å². The van der Waals surface area contributed by atoms with Gasteiger partial charge in [0.15, 0.2) is 0 Å². The van der Waals surface area contributed by atoms with E-state index < -0.39 is 5.60 Å². The van der Waals surface area contributed by atoms with Gasteiger partial charge in [0, 0.05) is 44.9 Å². The van der Waals surface area contributed by atoms with Crippen molar-refractivity contribution in [3.8, 4) is 0 Å². The number of nitrogens with zero attached hydrogens (tertiary/aromatic N) is 1. The number of nitrogens with one attached hydrogen (secondary N) is 2. The van der Waals surface area contributed by atoms with Crippen molar-refractivity contribution in [2.45, 2.75) is 177 Å². The van der Waals surface area contributed by atoms with Crippen molar-refractivity contribution in [3.05, 3.63) is 11.6 Å². The molecule has 2 N–H and O–H groups in total. The fourth-order valence-corrected chi connectivity index (χ4v) is 11.1. The lowest BCUT2D eigenvalue weighted by Crippen LogP contribution is -2.53. The first-order valence-corrected chi connectivity index (χ1v) is 21.2. The van der Waals surface area contributed by atoms with Crippen molar-refractivity contribution >= 4 is 23.7 Å². The van der Waals surface area contributed by atoms with Crippen molar-refractivity contribution in [3.63, 3.8) is 0 Å². The minimum atomic E-state index is -0.575. The molecule has 0 saturated heterocycles. The smallest absolute Gasteiger partial charge is 0.410 e. The lowest BCUT2D eigenvalue weighted by atomic mass is 9.46. The molecule has 0 radical (unpaired) electrons. The van der Waals surface area contributed by atoms with E-state index in [1.165, 1.54) is 58.3 Å². The molecule has 5 unspecified atom stereocenters. The molecule has 0 bridgehead atoms. The number of carbonyl (C=O) groups excluding carboxylic acids is 4. The number of unbranched alkanes of at least 4 members (excludes halogenated alkanes) is 1. The van der Waals surface area contributed by atoms with Gasteiger partial charge in [-0.3, -0.25) is 14.4 Å². The molecule has 0 spiro atoms. The standard InChI is InChI=1S/C44H75N3O5/c1-30(2)13-12-14-31(3)36-18-19-37-35-17-16-33-29-34(20-24-43(33,8)38(35)21-25-44(36,37)9)47(41(51)52-42(5,6)7)28-11-10-15-39(49)46-27-23-40(50)45-26-22-32(4)48/h16,30-31,34-38H,10-15,17-29H2,1-9H3,(H,45,50)(H,46,49)/t31?,34?,35?,36-,37?,38?,43+,44-/m1/s1. The molecule has 3 saturated carbocycles. The predicted octanol–water partition coefficient (Wildman–Crippen LogP) is 9.41. The SMILES string of the molecule is CC(=O)CCNC(=O)CCNC(=O)CCCCN(C(=O)OC(C)(C)C)C1CC[C@@]2(C)C(=CCC3C2CC[C@@]2(C)C3CC[C@@H]2C(C)CCCC(C)C)C1. The molecule has 3 amide bonds. The van der Waals surface area contributed by atoms with Gasteiger partial charge in [0.1, 0.15) is 11.4 Å². The van der Waals surface area contributed by atoms with E-state index in [2.05, 4.69) is 51.3 Å². The third kappa shape index (κ3) is 10.9. The number of allylic oxidation sites excluding steroid dienone is 1. The van der Waals surface area contributed by atoms with Gasteiger partial charge in [0.25, 0.3) is 0 Å². The monoisotopic (exact) mass is 726 g/mol. The summed E-state index contributed by atoms with van der Waals surface area (Å²) in [5, 5.41) is 5.53. The van der Waals surface area contributed by atoms with Crippen LogP contribution >= 0.6 is 0 Å². The Kier molecular flexibility index (Phi) is 14.9. The van der Waals surface area contributed by atoms with Crippen LogP contribution in [0.4, 0.5) is 4.79 Å². The number of hydrogen-bond acceptors (Lipinski definition) is 5. The Morgan fingerprint density at radius 3 is 2.23 bits per heavy atom. The number of rotatable bonds is 17. The fraction of sp³-hybridized carbons (Fsp3) is 0.864. The number of amides is 3. The van der Waals surface area contributed by atoms with E-state index in [0.29, 0.717) is 44.2 Å². The third-order valence-electron chi connectivity index (χ3n) is 13.9. The average molecular weight is 726 g/mol. The Bertz CT molecular complexity index is 1270. The van der Waals surface area contributed by atoms with E-state index in [9.17, 15) is 19.2 Å². The third-order valence-corrected chi connectivity index (χ3v) is 13.9. The van der Waals surface area contributed by atoms with E-state index in [1.807, 2.05) is 25.7 Å². The molecule has 296 valence electrons. The molecule has 0 heterocycles. The molecule has 3 fully saturated rings. The number of ketones is 1. The second kappa shape index (κ2) is 18.3. The molecule has 8 atom stereocenters. The zero-order chi connectivity index (χ0) is 38.3. The Labute approximate surface area is 316 Å². The maximum absolute atomic E-state index is 13.7. The summed E-state index contributed by atoms with van der Waals surface area (Å²) in [6, 6.07) is 0.109. The highest BCUT2D eigenvalue weighted by molar-refractivity contribution is 5.80. The molecule has 4 aliphatic carbocycles. The maximum atomic E-state index is 13.7. The Morgan fingerprint density at radius 1 is 0.865 bits per heavy atom. The van der Waals surface area contributed by atoms with Gasteiger partial charge in [-0.25, -0.2) is 4.79 Å². The van der Waals surface area contributed by atoms with Crippen LogP contribution in [0.15, 0.2) is 11.6 Å². The Hall–Kier alpha value is -2.38. The van der Waals surface area contributed by atoms with Crippen molar-refractivity contribution in [1.29, 1.82) is 0 Å². The summed E-state index contributed by atoms with van der Waals surface area (Å²) in [6.45, 7) is 20.9. The molecular formula is C44H75N3O5. The number of Topliss-reactive ketones (excluding diaryl/α,β-unsaturated/α-hetero) is 1. The minimum Gasteiger partial charge on any atom is -0.444 e. The van der Waals surface area contributed by atoms with Crippen LogP contribution in [-0.4, -0.2) is 59.9 Å². The van der Waals surface area contributed by atoms with E-state index in [0.717, 1.165) is 54.8 Å². The molecule has 8 heteroatoms. The van der Waals surface area contributed by atoms with Crippen LogP contribution in [0.5, 0.6) is 0 Å². The molecule has 8 nitrogen and oxygen atoms in total. The summed E-state index contributed by atoms with van der Waals surface area (Å²) in [7, 11) is 0. The van der Waals surface area contributed by atoms with Crippen molar-refractivity contribution in [1.82, 2.24) is 15.5 Å². The first kappa shape index (κ1) is 42.4. The zero-order valence-electron chi connectivity index (χ0n) is 34.5. The molecule has 0 aromatic rings. The molecular weight excluding hydrogens is 651 g/mol. The average Bonchev–Trinajstić information content (AvgIpc) is 3.40. The first-order chi connectivity index (χ1) is 24.4. The van der Waals surface area contributed by atoms with Crippen molar-refractivity contribution in [2.75, 3.05) is 19.6 Å². The summed E-state index contributed by atoms with van der Waals surface area (Å²) < 4.78 is 5.95. The van der Waals surface area contributed by atoms with Gasteiger partial charge in [0.2, 0.25) is 11.8 Å². The number of fused-ring (bicyclic) bond motifs is 5. The van der Waals surface area contributed by atoms with Crippen LogP contribution in [-0.2, 0) is 19.1 Å². The van der Waals surface area contributed by atoms with Gasteiger partial charge in [-0.15, -0.1) is 0 Å². The number of ether oxygens (including phenoxy) is 1. The van der Waals surface area contributed by atoms with Crippen LogP contribution in [0, 0.1) is 46.3 Å². The van der Waals surface area contributed by atoms with Gasteiger partial charge in [-0.1, -0.05) is 65.5 Å². The first-order valence-electron chi connectivity index (χ1n) is 21.2. The molecule has 4 rings (SSSR count). The van der Waals surface area contributed by atoms with Crippen molar-refractivity contribution < 1.29 is 23.9 Å². The van der Waals surface area contributed by atoms with Gasteiger partial charge in [-0.2, -0.15) is 0 Å². The van der Waals surface area contributed by atoms with Gasteiger partial charge < -0.3 is 20.3 Å². The van der Waals surface area contributed by atoms with E-state index >= 15 is 0 Å². The van der Waals surface area contributed by atoms with Gasteiger partial charge in [-0.05, 0) is 138 Å². The quantitative estimate of drug-likeness (QED) is 0.115. The number of hydrogen-bond donors (Lipinski definition) is 2. The molecule has 0 aromatic carbocycles. The molecule has 0 aliphatic heterocycles. The molecule has 4 aliphatic rings. The second-order valence-corrected chi connectivity index (χ2v) is 19.2. The van der Waals surface area contributed by atoms with Crippen LogP contribution < -0.4 is 10.6 Å². The molecule has 52 heavy (non-hydrogen) atoms. The van der Waals surface area contributed by atoms with Crippen molar-refractivity contribution in [2.24, 2.45) is 46.3 Å². The largest absolute Gasteiger partial charge is 0.444 e. The summed E-state index contributed by atoms with van der Waals surface area (Å²) in [6.07, 6.45) is 18.4. The highest BCUT2D eigenvalue weighted by Gasteiger charge is 2.59. The lowest BCUT2D eigenvalue weighted by Gasteiger charge is -2.59. The summed E-state index contributed by atoms with van der Waals surface area (Å²) in [5.74, 6) is 4.61.